The highest BCUT2D eigenvalue weighted by Gasteiger charge is 2.19. The molecule has 0 aliphatic rings. The number of hydrogen-bond donors (Lipinski definition) is 0. The van der Waals surface area contributed by atoms with Crippen LogP contribution in [0.2, 0.25) is 0 Å². The second-order valence-corrected chi connectivity index (χ2v) is 19.4. The van der Waals surface area contributed by atoms with Gasteiger partial charge in [0.25, 0.3) is 0 Å². The number of carbonyl (C=O) groups is 3. The Morgan fingerprint density at radius 2 is 0.593 bits per heavy atom. The molecule has 0 heterocycles. The van der Waals surface area contributed by atoms with Crippen molar-refractivity contribution in [2.24, 2.45) is 17.8 Å². The molecule has 0 fully saturated rings. The molecule has 0 spiro atoms. The number of esters is 3. The molecule has 0 aromatic heterocycles. The van der Waals surface area contributed by atoms with Crippen LogP contribution in [-0.2, 0) is 28.6 Å². The van der Waals surface area contributed by atoms with Crippen LogP contribution in [0.1, 0.15) is 286 Å². The average molecular weight is 835 g/mol. The van der Waals surface area contributed by atoms with E-state index in [1.54, 1.807) is 0 Å². The van der Waals surface area contributed by atoms with Gasteiger partial charge in [0.15, 0.2) is 6.10 Å². The molecule has 0 aromatic carbocycles. The van der Waals surface area contributed by atoms with Gasteiger partial charge in [0.1, 0.15) is 13.2 Å². The summed E-state index contributed by atoms with van der Waals surface area (Å²) in [6, 6.07) is 0. The fourth-order valence-electron chi connectivity index (χ4n) is 7.91. The van der Waals surface area contributed by atoms with E-state index in [0.717, 1.165) is 75.5 Å². The minimum absolute atomic E-state index is 0.0649. The quantitative estimate of drug-likeness (QED) is 0.0345. The lowest BCUT2D eigenvalue weighted by molar-refractivity contribution is -0.167. The van der Waals surface area contributed by atoms with E-state index in [1.807, 2.05) is 0 Å². The molecule has 0 bridgehead atoms. The first-order valence-electron chi connectivity index (χ1n) is 26.1. The van der Waals surface area contributed by atoms with E-state index in [9.17, 15) is 14.4 Å². The van der Waals surface area contributed by atoms with Crippen LogP contribution < -0.4 is 0 Å². The van der Waals surface area contributed by atoms with Gasteiger partial charge in [-0.25, -0.2) is 0 Å². The third-order valence-corrected chi connectivity index (χ3v) is 12.3. The van der Waals surface area contributed by atoms with E-state index in [1.165, 1.54) is 167 Å². The van der Waals surface area contributed by atoms with E-state index < -0.39 is 6.10 Å². The van der Waals surface area contributed by atoms with Crippen molar-refractivity contribution in [3.05, 3.63) is 0 Å². The molecule has 6 nitrogen and oxygen atoms in total. The second kappa shape index (κ2) is 44.5. The zero-order valence-electron chi connectivity index (χ0n) is 40.5. The molecule has 0 saturated heterocycles. The molecule has 59 heavy (non-hydrogen) atoms. The van der Waals surface area contributed by atoms with Crippen LogP contribution in [0.3, 0.4) is 0 Å². The van der Waals surface area contributed by atoms with Gasteiger partial charge in [0, 0.05) is 19.3 Å². The van der Waals surface area contributed by atoms with Crippen molar-refractivity contribution >= 4 is 17.9 Å². The van der Waals surface area contributed by atoms with Gasteiger partial charge in [-0.05, 0) is 37.0 Å². The van der Waals surface area contributed by atoms with Gasteiger partial charge in [-0.2, -0.15) is 0 Å². The Kier molecular flexibility index (Phi) is 43.3. The van der Waals surface area contributed by atoms with E-state index in [-0.39, 0.29) is 31.1 Å². The van der Waals surface area contributed by atoms with Crippen LogP contribution in [-0.4, -0.2) is 37.2 Å². The van der Waals surface area contributed by atoms with E-state index >= 15 is 0 Å². The van der Waals surface area contributed by atoms with Crippen LogP contribution >= 0.6 is 0 Å². The van der Waals surface area contributed by atoms with Crippen LogP contribution in [0.4, 0.5) is 0 Å². The van der Waals surface area contributed by atoms with Crippen LogP contribution in [0.25, 0.3) is 0 Å². The number of rotatable bonds is 46. The number of hydrogen-bond acceptors (Lipinski definition) is 6. The molecule has 0 aromatic rings. The van der Waals surface area contributed by atoms with Crippen molar-refractivity contribution < 1.29 is 28.6 Å². The van der Waals surface area contributed by atoms with Gasteiger partial charge in [0.2, 0.25) is 0 Å². The normalized spacial score (nSPS) is 12.6. The summed E-state index contributed by atoms with van der Waals surface area (Å²) >= 11 is 0. The maximum absolute atomic E-state index is 12.8. The van der Waals surface area contributed by atoms with Gasteiger partial charge in [0.05, 0.1) is 0 Å². The van der Waals surface area contributed by atoms with Gasteiger partial charge in [-0.1, -0.05) is 247 Å². The first-order chi connectivity index (χ1) is 28.6. The molecule has 0 aliphatic heterocycles. The maximum Gasteiger partial charge on any atom is 0.306 e. The smallest absolute Gasteiger partial charge is 0.306 e. The number of carbonyl (C=O) groups excluding carboxylic acids is 3. The molecular weight excluding hydrogens is 733 g/mol. The molecule has 2 atom stereocenters. The largest absolute Gasteiger partial charge is 0.462 e. The lowest BCUT2D eigenvalue weighted by atomic mass is 9.99. The summed E-state index contributed by atoms with van der Waals surface area (Å²) in [4.78, 5) is 37.9. The molecule has 0 aliphatic carbocycles. The second-order valence-electron chi connectivity index (χ2n) is 19.4. The van der Waals surface area contributed by atoms with E-state index in [4.69, 9.17) is 14.2 Å². The third kappa shape index (κ3) is 45.8. The molecule has 0 N–H and O–H groups in total. The molecule has 0 rings (SSSR count). The Balaban J connectivity index is 4.31. The number of ether oxygens (including phenoxy) is 3. The monoisotopic (exact) mass is 835 g/mol. The van der Waals surface area contributed by atoms with Crippen molar-refractivity contribution in [1.29, 1.82) is 0 Å². The summed E-state index contributed by atoms with van der Waals surface area (Å²) < 4.78 is 16.8. The minimum atomic E-state index is -0.763. The van der Waals surface area contributed by atoms with E-state index in [0.29, 0.717) is 19.3 Å². The highest BCUT2D eigenvalue weighted by atomic mass is 16.6. The molecule has 350 valence electrons. The zero-order chi connectivity index (χ0) is 43.4. The molecule has 0 radical (unpaired) electrons. The standard InChI is InChI=1S/C53H102O6/c1-7-49(6)41-35-29-23-16-13-14-18-26-32-38-44-53(56)59-50(46-58-52(55)43-37-31-25-20-19-22-28-34-40-48(4)5)45-57-51(54)42-36-30-24-17-12-10-8-9-11-15-21-27-33-39-47(2)3/h47-50H,7-46H2,1-6H3/t49?,50-/m0/s1. The van der Waals surface area contributed by atoms with Crippen molar-refractivity contribution in [3.8, 4) is 0 Å². The van der Waals surface area contributed by atoms with Gasteiger partial charge < -0.3 is 14.2 Å². The minimum Gasteiger partial charge on any atom is -0.462 e. The Morgan fingerprint density at radius 1 is 0.339 bits per heavy atom. The van der Waals surface area contributed by atoms with Crippen molar-refractivity contribution in [3.63, 3.8) is 0 Å². The summed E-state index contributed by atoms with van der Waals surface area (Å²) in [6.45, 7) is 13.7. The Labute approximate surface area is 368 Å². The summed E-state index contributed by atoms with van der Waals surface area (Å²) in [5.74, 6) is 1.65. The fourth-order valence-corrected chi connectivity index (χ4v) is 7.91. The maximum atomic E-state index is 12.8. The highest BCUT2D eigenvalue weighted by Crippen LogP contribution is 2.18. The summed E-state index contributed by atoms with van der Waals surface area (Å²) in [5, 5.41) is 0. The fraction of sp³-hybridized carbons (Fsp3) is 0.943. The van der Waals surface area contributed by atoms with Crippen LogP contribution in [0, 0.1) is 17.8 Å². The first-order valence-corrected chi connectivity index (χ1v) is 26.1. The summed E-state index contributed by atoms with van der Waals surface area (Å²) in [5.41, 5.74) is 0. The summed E-state index contributed by atoms with van der Waals surface area (Å²) in [6.07, 6.45) is 43.7. The van der Waals surface area contributed by atoms with Crippen molar-refractivity contribution in [1.82, 2.24) is 0 Å². The molecule has 0 saturated carbocycles. The van der Waals surface area contributed by atoms with Gasteiger partial charge >= 0.3 is 17.9 Å². The van der Waals surface area contributed by atoms with Gasteiger partial charge in [-0.3, -0.25) is 14.4 Å². The zero-order valence-corrected chi connectivity index (χ0v) is 40.5. The number of unbranched alkanes of at least 4 members (excludes halogenated alkanes) is 28. The first kappa shape index (κ1) is 57.4. The van der Waals surface area contributed by atoms with Crippen molar-refractivity contribution in [2.75, 3.05) is 13.2 Å². The average Bonchev–Trinajstić information content (AvgIpc) is 3.20. The Hall–Kier alpha value is -1.59. The molecular formula is C53H102O6. The van der Waals surface area contributed by atoms with Gasteiger partial charge in [-0.15, -0.1) is 0 Å². The Morgan fingerprint density at radius 3 is 0.881 bits per heavy atom. The molecule has 6 heteroatoms. The van der Waals surface area contributed by atoms with Crippen molar-refractivity contribution in [2.45, 2.75) is 292 Å². The third-order valence-electron chi connectivity index (χ3n) is 12.3. The van der Waals surface area contributed by atoms with E-state index in [2.05, 4.69) is 41.5 Å². The van der Waals surface area contributed by atoms with Crippen LogP contribution in [0.15, 0.2) is 0 Å². The molecule has 0 amide bonds. The topological polar surface area (TPSA) is 78.9 Å². The highest BCUT2D eigenvalue weighted by molar-refractivity contribution is 5.71. The summed E-state index contributed by atoms with van der Waals surface area (Å²) in [7, 11) is 0. The molecule has 1 unspecified atom stereocenters. The lowest BCUT2D eigenvalue weighted by Crippen LogP contribution is -2.30. The predicted octanol–water partition coefficient (Wildman–Crippen LogP) is 16.8. The predicted molar refractivity (Wildman–Crippen MR) is 252 cm³/mol. The Bertz CT molecular complexity index is 916. The SMILES string of the molecule is CCC(C)CCCCCCCCCCCCC(=O)O[C@@H](COC(=O)CCCCCCCCCCCCCCCC(C)C)COC(=O)CCCCCCCCCCC(C)C. The van der Waals surface area contributed by atoms with Crippen LogP contribution in [0.5, 0.6) is 0 Å². The lowest BCUT2D eigenvalue weighted by Gasteiger charge is -2.18.